The van der Waals surface area contributed by atoms with Crippen molar-refractivity contribution in [2.24, 2.45) is 0 Å². The van der Waals surface area contributed by atoms with Crippen LogP contribution in [0.15, 0.2) is 48.7 Å². The van der Waals surface area contributed by atoms with Gasteiger partial charge in [0, 0.05) is 17.1 Å². The molecule has 2 aromatic carbocycles. The van der Waals surface area contributed by atoms with Crippen LogP contribution in [0.2, 0.25) is 19.6 Å². The Bertz CT molecular complexity index is 824. The van der Waals surface area contributed by atoms with Crippen LogP contribution in [-0.4, -0.2) is 13.1 Å². The maximum absolute atomic E-state index is 4.66. The molecule has 3 aromatic rings. The highest BCUT2D eigenvalue weighted by molar-refractivity contribution is 6.88. The van der Waals surface area contributed by atoms with Crippen LogP contribution >= 0.6 is 0 Å². The van der Waals surface area contributed by atoms with Crippen molar-refractivity contribution < 1.29 is 0 Å². The molecule has 0 saturated heterocycles. The molecule has 0 atom stereocenters. The van der Waals surface area contributed by atoms with E-state index in [-0.39, 0.29) is 0 Å². The third-order valence-corrected chi connectivity index (χ3v) is 6.17. The van der Waals surface area contributed by atoms with E-state index < -0.39 is 8.07 Å². The number of hydrogen-bond donors (Lipinski definition) is 0. The highest BCUT2D eigenvalue weighted by Gasteiger charge is 2.17. The molecule has 22 heavy (non-hydrogen) atoms. The smallest absolute Gasteiger partial charge is 0.0780 e. The standard InChI is InChI=1S/C20H23NSi/c1-14-10-15(2)12-17(11-14)20-19-7-6-18(22(3,4)5)13-16(19)8-9-21-20/h6-13H,1-5H3. The molecule has 0 aliphatic heterocycles. The first-order valence-corrected chi connectivity index (χ1v) is 11.3. The van der Waals surface area contributed by atoms with Gasteiger partial charge in [-0.05, 0) is 37.4 Å². The Balaban J connectivity index is 2.23. The molecule has 0 aliphatic rings. The van der Waals surface area contributed by atoms with Gasteiger partial charge in [0.05, 0.1) is 13.8 Å². The summed E-state index contributed by atoms with van der Waals surface area (Å²) in [6, 6.07) is 15.7. The van der Waals surface area contributed by atoms with Gasteiger partial charge in [0.25, 0.3) is 0 Å². The molecule has 0 saturated carbocycles. The van der Waals surface area contributed by atoms with Crippen molar-refractivity contribution in [3.05, 3.63) is 59.8 Å². The monoisotopic (exact) mass is 305 g/mol. The summed E-state index contributed by atoms with van der Waals surface area (Å²) in [4.78, 5) is 4.66. The fourth-order valence-electron chi connectivity index (χ4n) is 2.99. The predicted molar refractivity (Wildman–Crippen MR) is 99.6 cm³/mol. The molecule has 0 amide bonds. The average molecular weight is 305 g/mol. The topological polar surface area (TPSA) is 12.9 Å². The summed E-state index contributed by atoms with van der Waals surface area (Å²) in [5.74, 6) is 0. The van der Waals surface area contributed by atoms with E-state index in [4.69, 9.17) is 0 Å². The zero-order valence-electron chi connectivity index (χ0n) is 14.1. The Hall–Kier alpha value is -1.93. The van der Waals surface area contributed by atoms with Gasteiger partial charge in [0.2, 0.25) is 0 Å². The molecule has 1 aromatic heterocycles. The minimum absolute atomic E-state index is 1.09. The lowest BCUT2D eigenvalue weighted by molar-refractivity contribution is 1.32. The second kappa shape index (κ2) is 5.36. The van der Waals surface area contributed by atoms with Crippen molar-refractivity contribution in [3.63, 3.8) is 0 Å². The number of benzene rings is 2. The molecule has 1 nitrogen and oxygen atoms in total. The Morgan fingerprint density at radius 3 is 2.14 bits per heavy atom. The SMILES string of the molecule is Cc1cc(C)cc(-c2nccc3cc([Si](C)(C)C)ccc23)c1. The third-order valence-electron chi connectivity index (χ3n) is 4.13. The molecule has 1 heterocycles. The molecule has 3 rings (SSSR count). The van der Waals surface area contributed by atoms with Gasteiger partial charge < -0.3 is 0 Å². The van der Waals surface area contributed by atoms with Gasteiger partial charge in [0.15, 0.2) is 0 Å². The average Bonchev–Trinajstić information content (AvgIpc) is 2.44. The van der Waals surface area contributed by atoms with Gasteiger partial charge in [-0.1, -0.05) is 60.2 Å². The minimum Gasteiger partial charge on any atom is -0.256 e. The molecule has 0 aliphatic carbocycles. The zero-order chi connectivity index (χ0) is 15.9. The van der Waals surface area contributed by atoms with Crippen LogP contribution < -0.4 is 5.19 Å². The van der Waals surface area contributed by atoms with Crippen molar-refractivity contribution in [1.29, 1.82) is 0 Å². The van der Waals surface area contributed by atoms with E-state index in [9.17, 15) is 0 Å². The summed E-state index contributed by atoms with van der Waals surface area (Å²) in [7, 11) is -1.29. The van der Waals surface area contributed by atoms with Crippen molar-refractivity contribution in [2.45, 2.75) is 33.5 Å². The molecule has 2 heteroatoms. The van der Waals surface area contributed by atoms with E-state index in [0.29, 0.717) is 0 Å². The Morgan fingerprint density at radius 1 is 0.818 bits per heavy atom. The number of hydrogen-bond acceptors (Lipinski definition) is 1. The van der Waals surface area contributed by atoms with Gasteiger partial charge in [0.1, 0.15) is 0 Å². The van der Waals surface area contributed by atoms with Crippen molar-refractivity contribution in [3.8, 4) is 11.3 Å². The highest BCUT2D eigenvalue weighted by Crippen LogP contribution is 2.27. The molecular weight excluding hydrogens is 282 g/mol. The van der Waals surface area contributed by atoms with Crippen LogP contribution in [0.25, 0.3) is 22.0 Å². The summed E-state index contributed by atoms with van der Waals surface area (Å²) in [5, 5.41) is 4.04. The van der Waals surface area contributed by atoms with Gasteiger partial charge in [-0.2, -0.15) is 0 Å². The van der Waals surface area contributed by atoms with Crippen molar-refractivity contribution in [1.82, 2.24) is 4.98 Å². The molecule has 0 fully saturated rings. The number of aromatic nitrogens is 1. The first-order chi connectivity index (χ1) is 10.3. The summed E-state index contributed by atoms with van der Waals surface area (Å²) < 4.78 is 0. The fourth-order valence-corrected chi connectivity index (χ4v) is 4.16. The third kappa shape index (κ3) is 2.84. The zero-order valence-corrected chi connectivity index (χ0v) is 15.1. The lowest BCUT2D eigenvalue weighted by Gasteiger charge is -2.17. The number of rotatable bonds is 2. The minimum atomic E-state index is -1.29. The molecule has 0 bridgehead atoms. The van der Waals surface area contributed by atoms with Gasteiger partial charge in [-0.25, -0.2) is 0 Å². The Kier molecular flexibility index (Phi) is 3.65. The first kappa shape index (κ1) is 15.0. The summed E-state index contributed by atoms with van der Waals surface area (Å²) >= 11 is 0. The van der Waals surface area contributed by atoms with E-state index >= 15 is 0 Å². The van der Waals surface area contributed by atoms with Gasteiger partial charge in [-0.3, -0.25) is 4.98 Å². The van der Waals surface area contributed by atoms with Gasteiger partial charge >= 0.3 is 0 Å². The van der Waals surface area contributed by atoms with Crippen LogP contribution in [0.1, 0.15) is 11.1 Å². The van der Waals surface area contributed by atoms with E-state index in [1.807, 2.05) is 6.20 Å². The maximum Gasteiger partial charge on any atom is 0.0780 e. The van der Waals surface area contributed by atoms with E-state index in [1.165, 1.54) is 32.6 Å². The molecule has 0 spiro atoms. The molecule has 0 unspecified atom stereocenters. The Morgan fingerprint density at radius 2 is 1.50 bits per heavy atom. The van der Waals surface area contributed by atoms with Crippen molar-refractivity contribution in [2.75, 3.05) is 0 Å². The quantitative estimate of drug-likeness (QED) is 0.603. The summed E-state index contributed by atoms with van der Waals surface area (Å²) in [6.45, 7) is 11.5. The molecular formula is C20H23NSi. The highest BCUT2D eigenvalue weighted by atomic mass is 28.3. The number of fused-ring (bicyclic) bond motifs is 1. The lowest BCUT2D eigenvalue weighted by Crippen LogP contribution is -2.37. The summed E-state index contributed by atoms with van der Waals surface area (Å²) in [5.41, 5.74) is 4.87. The van der Waals surface area contributed by atoms with Crippen LogP contribution in [0.5, 0.6) is 0 Å². The lowest BCUT2D eigenvalue weighted by atomic mass is 10.0. The van der Waals surface area contributed by atoms with Crippen LogP contribution in [0.3, 0.4) is 0 Å². The largest absolute Gasteiger partial charge is 0.256 e. The van der Waals surface area contributed by atoms with E-state index in [1.54, 1.807) is 0 Å². The number of pyridine rings is 1. The molecule has 112 valence electrons. The van der Waals surface area contributed by atoms with Gasteiger partial charge in [-0.15, -0.1) is 0 Å². The normalized spacial score (nSPS) is 11.9. The van der Waals surface area contributed by atoms with Crippen LogP contribution in [0.4, 0.5) is 0 Å². The molecule has 0 N–H and O–H groups in total. The summed E-state index contributed by atoms with van der Waals surface area (Å²) in [6.07, 6.45) is 1.93. The number of nitrogens with zero attached hydrogens (tertiary/aromatic N) is 1. The first-order valence-electron chi connectivity index (χ1n) is 7.82. The van der Waals surface area contributed by atoms with E-state index in [0.717, 1.165) is 5.69 Å². The molecule has 0 radical (unpaired) electrons. The predicted octanol–water partition coefficient (Wildman–Crippen LogP) is 5.06. The van der Waals surface area contributed by atoms with E-state index in [2.05, 4.69) is 80.9 Å². The van der Waals surface area contributed by atoms with Crippen LogP contribution in [0, 0.1) is 13.8 Å². The number of aryl methyl sites for hydroxylation is 2. The second-order valence-electron chi connectivity index (χ2n) is 7.22. The Labute approximate surface area is 134 Å². The van der Waals surface area contributed by atoms with Crippen molar-refractivity contribution >= 4 is 24.0 Å². The fraction of sp³-hybridized carbons (Fsp3) is 0.250. The second-order valence-corrected chi connectivity index (χ2v) is 12.3. The maximum atomic E-state index is 4.66. The van der Waals surface area contributed by atoms with Crippen LogP contribution in [-0.2, 0) is 0 Å².